The Bertz CT molecular complexity index is 1330. The van der Waals surface area contributed by atoms with Gasteiger partial charge in [-0.1, -0.05) is 48.0 Å². The third kappa shape index (κ3) is 4.81. The highest BCUT2D eigenvalue weighted by Crippen LogP contribution is 2.31. The molecule has 0 bridgehead atoms. The van der Waals surface area contributed by atoms with Gasteiger partial charge in [0.15, 0.2) is 16.6 Å². The van der Waals surface area contributed by atoms with Crippen LogP contribution in [0.25, 0.3) is 6.08 Å². The number of para-hydroxylation sites is 1. The van der Waals surface area contributed by atoms with Crippen molar-refractivity contribution in [1.29, 1.82) is 0 Å². The number of carbonyl (C=O) groups excluding carboxylic acids is 2. The second-order valence-electron chi connectivity index (χ2n) is 8.25. The minimum Gasteiger partial charge on any atom is -0.493 e. The van der Waals surface area contributed by atoms with E-state index in [1.165, 1.54) is 16.9 Å². The molecule has 3 aromatic rings. The number of aryl methyl sites for hydroxylation is 2. The van der Waals surface area contributed by atoms with Gasteiger partial charge in [-0.15, -0.1) is 0 Å². The molecule has 1 fully saturated rings. The fourth-order valence-corrected chi connectivity index (χ4v) is 4.36. The third-order valence-electron chi connectivity index (χ3n) is 5.89. The Morgan fingerprint density at radius 2 is 1.57 bits per heavy atom. The van der Waals surface area contributed by atoms with Crippen LogP contribution in [-0.4, -0.2) is 36.0 Å². The standard InChI is InChI=1S/C28H26N2O4S/c1-18-10-12-21(19(2)14-18)17-29-26(31)23(15-20-11-13-24(33-3)25(16-20)34-4)27(32)30(28(29)35)22-8-6-5-7-9-22/h5-16H,17H2,1-4H3/b23-15+. The number of carbonyl (C=O) groups is 2. The average Bonchev–Trinajstić information content (AvgIpc) is 2.86. The molecule has 2 amide bonds. The summed E-state index contributed by atoms with van der Waals surface area (Å²) in [7, 11) is 3.08. The van der Waals surface area contributed by atoms with E-state index in [-0.39, 0.29) is 17.2 Å². The molecule has 1 saturated heterocycles. The number of ether oxygens (including phenoxy) is 2. The summed E-state index contributed by atoms with van der Waals surface area (Å²) in [6, 6.07) is 20.4. The summed E-state index contributed by atoms with van der Waals surface area (Å²) in [5.74, 6) is 0.138. The second kappa shape index (κ2) is 10.1. The van der Waals surface area contributed by atoms with E-state index in [1.807, 2.05) is 44.2 Å². The van der Waals surface area contributed by atoms with Crippen molar-refractivity contribution < 1.29 is 19.1 Å². The topological polar surface area (TPSA) is 59.1 Å². The lowest BCUT2D eigenvalue weighted by Gasteiger charge is -2.37. The van der Waals surface area contributed by atoms with Gasteiger partial charge in [-0.25, -0.2) is 0 Å². The van der Waals surface area contributed by atoms with Crippen molar-refractivity contribution in [2.24, 2.45) is 0 Å². The molecule has 0 saturated carbocycles. The minimum absolute atomic E-state index is 0.0134. The van der Waals surface area contributed by atoms with Gasteiger partial charge in [0.1, 0.15) is 5.57 Å². The van der Waals surface area contributed by atoms with Crippen LogP contribution in [0.5, 0.6) is 11.5 Å². The van der Waals surface area contributed by atoms with E-state index in [9.17, 15) is 9.59 Å². The number of thiocarbonyl (C=S) groups is 1. The van der Waals surface area contributed by atoms with Crippen molar-refractivity contribution >= 4 is 40.9 Å². The van der Waals surface area contributed by atoms with E-state index in [4.69, 9.17) is 21.7 Å². The Labute approximate surface area is 210 Å². The molecule has 1 heterocycles. The number of anilines is 1. The number of hydrogen-bond acceptors (Lipinski definition) is 5. The van der Waals surface area contributed by atoms with Crippen LogP contribution in [0, 0.1) is 13.8 Å². The lowest BCUT2D eigenvalue weighted by atomic mass is 10.0. The first kappa shape index (κ1) is 24.2. The minimum atomic E-state index is -0.474. The van der Waals surface area contributed by atoms with E-state index in [2.05, 4.69) is 6.07 Å². The summed E-state index contributed by atoms with van der Waals surface area (Å²) in [5, 5.41) is 0.149. The summed E-state index contributed by atoms with van der Waals surface area (Å²) in [6.45, 7) is 4.28. The molecule has 4 rings (SSSR count). The zero-order valence-corrected chi connectivity index (χ0v) is 20.9. The Kier molecular flexibility index (Phi) is 6.98. The van der Waals surface area contributed by atoms with E-state index in [0.717, 1.165) is 16.7 Å². The molecule has 0 atom stereocenters. The van der Waals surface area contributed by atoms with Gasteiger partial charge in [0, 0.05) is 0 Å². The molecular weight excluding hydrogens is 460 g/mol. The van der Waals surface area contributed by atoms with Crippen LogP contribution in [0.3, 0.4) is 0 Å². The highest BCUT2D eigenvalue weighted by Gasteiger charge is 2.40. The van der Waals surface area contributed by atoms with Crippen molar-refractivity contribution in [2.45, 2.75) is 20.4 Å². The van der Waals surface area contributed by atoms with Crippen LogP contribution in [0.1, 0.15) is 22.3 Å². The van der Waals surface area contributed by atoms with Crippen molar-refractivity contribution in [2.75, 3.05) is 19.1 Å². The molecule has 178 valence electrons. The van der Waals surface area contributed by atoms with Crippen LogP contribution in [0.4, 0.5) is 5.69 Å². The lowest BCUT2D eigenvalue weighted by molar-refractivity contribution is -0.128. The molecule has 6 nitrogen and oxygen atoms in total. The highest BCUT2D eigenvalue weighted by atomic mass is 32.1. The first-order valence-electron chi connectivity index (χ1n) is 11.1. The summed E-state index contributed by atoms with van der Waals surface area (Å²) in [4.78, 5) is 30.1. The molecule has 0 aliphatic carbocycles. The molecule has 0 aromatic heterocycles. The maximum Gasteiger partial charge on any atom is 0.270 e. The molecule has 0 N–H and O–H groups in total. The number of methoxy groups -OCH3 is 2. The summed E-state index contributed by atoms with van der Waals surface area (Å²) in [5.41, 5.74) is 4.38. The molecule has 35 heavy (non-hydrogen) atoms. The number of hydrogen-bond donors (Lipinski definition) is 0. The van der Waals surface area contributed by atoms with Gasteiger partial charge in [-0.05, 0) is 73.1 Å². The van der Waals surface area contributed by atoms with Crippen molar-refractivity contribution in [3.05, 3.63) is 94.6 Å². The second-order valence-corrected chi connectivity index (χ2v) is 8.62. The first-order chi connectivity index (χ1) is 16.8. The van der Waals surface area contributed by atoms with E-state index in [1.54, 1.807) is 43.5 Å². The zero-order chi connectivity index (χ0) is 25.1. The fourth-order valence-electron chi connectivity index (χ4n) is 4.02. The molecule has 7 heteroatoms. The van der Waals surface area contributed by atoms with Gasteiger partial charge in [0.2, 0.25) is 0 Å². The summed E-state index contributed by atoms with van der Waals surface area (Å²) < 4.78 is 10.7. The highest BCUT2D eigenvalue weighted by molar-refractivity contribution is 7.80. The Morgan fingerprint density at radius 3 is 2.23 bits per heavy atom. The van der Waals surface area contributed by atoms with Gasteiger partial charge in [-0.2, -0.15) is 0 Å². The number of nitrogens with zero attached hydrogens (tertiary/aromatic N) is 2. The van der Waals surface area contributed by atoms with Crippen molar-refractivity contribution in [1.82, 2.24) is 4.90 Å². The number of rotatable bonds is 6. The van der Waals surface area contributed by atoms with E-state index < -0.39 is 11.8 Å². The van der Waals surface area contributed by atoms with E-state index in [0.29, 0.717) is 22.7 Å². The predicted octanol–water partition coefficient (Wildman–Crippen LogP) is 5.06. The fraction of sp³-hybridized carbons (Fsp3) is 0.179. The predicted molar refractivity (Wildman–Crippen MR) is 141 cm³/mol. The smallest absolute Gasteiger partial charge is 0.270 e. The monoisotopic (exact) mass is 486 g/mol. The molecule has 0 unspecified atom stereocenters. The Hall–Kier alpha value is -3.97. The van der Waals surface area contributed by atoms with E-state index >= 15 is 0 Å². The molecule has 0 radical (unpaired) electrons. The molecule has 1 aliphatic rings. The van der Waals surface area contributed by atoms with Crippen LogP contribution in [-0.2, 0) is 16.1 Å². The van der Waals surface area contributed by atoms with Crippen molar-refractivity contribution in [3.63, 3.8) is 0 Å². The zero-order valence-electron chi connectivity index (χ0n) is 20.1. The van der Waals surface area contributed by atoms with Gasteiger partial charge in [0.25, 0.3) is 11.8 Å². The van der Waals surface area contributed by atoms with Crippen LogP contribution in [0.2, 0.25) is 0 Å². The quantitative estimate of drug-likeness (QED) is 0.277. The normalized spacial score (nSPS) is 15.1. The average molecular weight is 487 g/mol. The van der Waals surface area contributed by atoms with Gasteiger partial charge in [0.05, 0.1) is 26.5 Å². The molecule has 3 aromatic carbocycles. The van der Waals surface area contributed by atoms with Gasteiger partial charge >= 0.3 is 0 Å². The molecular formula is C28H26N2O4S. The van der Waals surface area contributed by atoms with Crippen molar-refractivity contribution in [3.8, 4) is 11.5 Å². The maximum atomic E-state index is 13.7. The van der Waals surface area contributed by atoms with Crippen LogP contribution >= 0.6 is 12.2 Å². The maximum absolute atomic E-state index is 13.7. The molecule has 1 aliphatic heterocycles. The Balaban J connectivity index is 1.81. The summed E-state index contributed by atoms with van der Waals surface area (Å²) in [6.07, 6.45) is 1.57. The largest absolute Gasteiger partial charge is 0.493 e. The third-order valence-corrected chi connectivity index (χ3v) is 6.29. The van der Waals surface area contributed by atoms with Gasteiger partial charge in [-0.3, -0.25) is 19.4 Å². The number of amides is 2. The van der Waals surface area contributed by atoms with Crippen LogP contribution in [0.15, 0.2) is 72.3 Å². The first-order valence-corrected chi connectivity index (χ1v) is 11.5. The Morgan fingerprint density at radius 1 is 0.857 bits per heavy atom. The van der Waals surface area contributed by atoms with Gasteiger partial charge < -0.3 is 9.47 Å². The number of benzene rings is 3. The lowest BCUT2D eigenvalue weighted by Crippen LogP contribution is -2.56. The summed E-state index contributed by atoms with van der Waals surface area (Å²) >= 11 is 5.69. The van der Waals surface area contributed by atoms with Crippen LogP contribution < -0.4 is 14.4 Å². The molecule has 0 spiro atoms. The SMILES string of the molecule is COc1ccc(/C=C2\C(=O)N(Cc3ccc(C)cc3C)C(=S)N(c3ccccc3)C2=O)cc1OC.